The van der Waals surface area contributed by atoms with E-state index in [-0.39, 0.29) is 12.4 Å². The van der Waals surface area contributed by atoms with Crippen molar-refractivity contribution in [1.29, 1.82) is 0 Å². The van der Waals surface area contributed by atoms with E-state index in [0.29, 0.717) is 24.0 Å². The number of nitrogens with zero attached hydrogens (tertiary/aromatic N) is 2. The molecule has 0 N–H and O–H groups in total. The van der Waals surface area contributed by atoms with Crippen LogP contribution in [0.25, 0.3) is 0 Å². The van der Waals surface area contributed by atoms with Gasteiger partial charge in [0.05, 0.1) is 4.90 Å². The number of benzene rings is 2. The molecule has 0 saturated carbocycles. The monoisotopic (exact) mass is 434 g/mol. The van der Waals surface area contributed by atoms with Crippen LogP contribution in [-0.2, 0) is 22.9 Å². The van der Waals surface area contributed by atoms with Gasteiger partial charge in [-0.15, -0.1) is 12.4 Å². The average Bonchev–Trinajstić information content (AvgIpc) is 3.16. The number of unbranched alkanes of at least 4 members (excludes halogenated alkanes) is 1. The molecule has 1 unspecified atom stereocenters. The molecule has 158 valence electrons. The van der Waals surface area contributed by atoms with Gasteiger partial charge in [-0.2, -0.15) is 4.31 Å². The Bertz CT molecular complexity index is 918. The Morgan fingerprint density at radius 2 is 1.72 bits per heavy atom. The topological polar surface area (TPSA) is 40.6 Å². The summed E-state index contributed by atoms with van der Waals surface area (Å²) in [5.74, 6) is 0. The van der Waals surface area contributed by atoms with Crippen LogP contribution in [0.3, 0.4) is 0 Å². The largest absolute Gasteiger partial charge is 0.296 e. The van der Waals surface area contributed by atoms with Gasteiger partial charge in [0.15, 0.2) is 0 Å². The number of aryl methyl sites for hydroxylation is 1. The van der Waals surface area contributed by atoms with E-state index in [1.54, 1.807) is 45.3 Å². The maximum Gasteiger partial charge on any atom is 0.243 e. The number of hydrogen-bond donors (Lipinski definition) is 0. The van der Waals surface area contributed by atoms with Gasteiger partial charge in [0.25, 0.3) is 0 Å². The van der Waals surface area contributed by atoms with Crippen LogP contribution in [-0.4, -0.2) is 43.8 Å². The van der Waals surface area contributed by atoms with Gasteiger partial charge in [-0.05, 0) is 67.5 Å². The van der Waals surface area contributed by atoms with Gasteiger partial charge in [0.2, 0.25) is 10.0 Å². The van der Waals surface area contributed by atoms with Gasteiger partial charge in [-0.3, -0.25) is 4.90 Å². The number of hydrogen-bond acceptors (Lipinski definition) is 3. The van der Waals surface area contributed by atoms with Crippen molar-refractivity contribution in [3.63, 3.8) is 0 Å². The second-order valence-electron chi connectivity index (χ2n) is 7.85. The van der Waals surface area contributed by atoms with Gasteiger partial charge >= 0.3 is 0 Å². The standard InChI is InChI=1S/C23H30N2O2S.ClH/c1-2-25(28(26,27)21-11-4-3-5-12-21)17-7-6-16-24-18-15-20-10-8-9-19-13-14-22(24)23(19)20;/h3-5,8-12,22H,2,6-7,13-18H2,1H3;1H. The molecule has 0 saturated heterocycles. The quantitative estimate of drug-likeness (QED) is 0.576. The molecule has 0 bridgehead atoms. The Hall–Kier alpha value is -1.40. The van der Waals surface area contributed by atoms with Crippen LogP contribution >= 0.6 is 12.4 Å². The van der Waals surface area contributed by atoms with Gasteiger partial charge in [-0.25, -0.2) is 8.42 Å². The molecular weight excluding hydrogens is 404 g/mol. The first-order valence-electron chi connectivity index (χ1n) is 10.5. The Morgan fingerprint density at radius 1 is 1.00 bits per heavy atom. The van der Waals surface area contributed by atoms with Crippen LogP contribution in [0.2, 0.25) is 0 Å². The maximum absolute atomic E-state index is 12.8. The summed E-state index contributed by atoms with van der Waals surface area (Å²) in [7, 11) is -3.38. The number of halogens is 1. The molecule has 1 atom stereocenters. The lowest BCUT2D eigenvalue weighted by Crippen LogP contribution is -2.36. The van der Waals surface area contributed by atoms with E-state index < -0.39 is 10.0 Å². The minimum atomic E-state index is -3.38. The van der Waals surface area contributed by atoms with Crippen LogP contribution < -0.4 is 0 Å². The summed E-state index contributed by atoms with van der Waals surface area (Å²) in [6.07, 6.45) is 5.51. The first-order valence-corrected chi connectivity index (χ1v) is 11.9. The van der Waals surface area contributed by atoms with Crippen molar-refractivity contribution >= 4 is 22.4 Å². The molecular formula is C23H31ClN2O2S. The summed E-state index contributed by atoms with van der Waals surface area (Å²) in [6, 6.07) is 16.1. The molecule has 0 aromatic heterocycles. The van der Waals surface area contributed by atoms with E-state index in [9.17, 15) is 8.42 Å². The van der Waals surface area contributed by atoms with Crippen LogP contribution in [0.15, 0.2) is 53.4 Å². The summed E-state index contributed by atoms with van der Waals surface area (Å²) < 4.78 is 27.2. The van der Waals surface area contributed by atoms with Crippen molar-refractivity contribution in [3.8, 4) is 0 Å². The second-order valence-corrected chi connectivity index (χ2v) is 9.79. The third-order valence-corrected chi connectivity index (χ3v) is 8.24. The molecule has 0 fully saturated rings. The highest BCUT2D eigenvalue weighted by Gasteiger charge is 2.33. The summed E-state index contributed by atoms with van der Waals surface area (Å²) in [5.41, 5.74) is 4.68. The molecule has 4 nitrogen and oxygen atoms in total. The molecule has 29 heavy (non-hydrogen) atoms. The van der Waals surface area contributed by atoms with Gasteiger partial charge in [-0.1, -0.05) is 43.3 Å². The summed E-state index contributed by atoms with van der Waals surface area (Å²) in [5, 5.41) is 0. The van der Waals surface area contributed by atoms with E-state index >= 15 is 0 Å². The van der Waals surface area contributed by atoms with Crippen LogP contribution in [0.4, 0.5) is 0 Å². The van der Waals surface area contributed by atoms with E-state index in [4.69, 9.17) is 0 Å². The van der Waals surface area contributed by atoms with Crippen molar-refractivity contribution in [1.82, 2.24) is 9.21 Å². The molecule has 2 aliphatic rings. The molecule has 0 radical (unpaired) electrons. The van der Waals surface area contributed by atoms with E-state index in [1.165, 1.54) is 12.8 Å². The average molecular weight is 435 g/mol. The van der Waals surface area contributed by atoms with Gasteiger partial charge < -0.3 is 0 Å². The predicted molar refractivity (Wildman–Crippen MR) is 120 cm³/mol. The fourth-order valence-corrected chi connectivity index (χ4v) is 6.32. The van der Waals surface area contributed by atoms with Crippen molar-refractivity contribution in [2.24, 2.45) is 0 Å². The zero-order valence-electron chi connectivity index (χ0n) is 17.1. The minimum absolute atomic E-state index is 0. The third-order valence-electron chi connectivity index (χ3n) is 6.25. The highest BCUT2D eigenvalue weighted by atomic mass is 35.5. The Balaban J connectivity index is 0.00000240. The summed E-state index contributed by atoms with van der Waals surface area (Å²) >= 11 is 0. The molecule has 2 aromatic rings. The van der Waals surface area contributed by atoms with Crippen molar-refractivity contribution in [2.75, 3.05) is 26.2 Å². The van der Waals surface area contributed by atoms with Crippen molar-refractivity contribution in [2.45, 2.75) is 50.0 Å². The minimum Gasteiger partial charge on any atom is -0.296 e. The van der Waals surface area contributed by atoms with Crippen molar-refractivity contribution < 1.29 is 8.42 Å². The molecule has 2 aromatic carbocycles. The third kappa shape index (κ3) is 4.53. The van der Waals surface area contributed by atoms with Crippen LogP contribution in [0, 0.1) is 0 Å². The highest BCUT2D eigenvalue weighted by Crippen LogP contribution is 2.41. The molecule has 1 aliphatic heterocycles. The Morgan fingerprint density at radius 3 is 2.45 bits per heavy atom. The van der Waals surface area contributed by atoms with Crippen LogP contribution in [0.1, 0.15) is 48.9 Å². The normalized spacial score (nSPS) is 18.5. The lowest BCUT2D eigenvalue weighted by Gasteiger charge is -2.35. The lowest BCUT2D eigenvalue weighted by molar-refractivity contribution is 0.181. The zero-order valence-corrected chi connectivity index (χ0v) is 18.7. The summed E-state index contributed by atoms with van der Waals surface area (Å²) in [4.78, 5) is 3.02. The van der Waals surface area contributed by atoms with E-state index in [0.717, 1.165) is 32.4 Å². The predicted octanol–water partition coefficient (Wildman–Crippen LogP) is 4.44. The molecule has 1 heterocycles. The first-order chi connectivity index (χ1) is 13.6. The fraction of sp³-hybridized carbons (Fsp3) is 0.478. The fourth-order valence-electron chi connectivity index (χ4n) is 4.81. The number of sulfonamides is 1. The van der Waals surface area contributed by atoms with Crippen molar-refractivity contribution in [3.05, 3.63) is 65.2 Å². The van der Waals surface area contributed by atoms with E-state index in [2.05, 4.69) is 23.1 Å². The van der Waals surface area contributed by atoms with Gasteiger partial charge in [0, 0.05) is 25.7 Å². The number of rotatable bonds is 8. The smallest absolute Gasteiger partial charge is 0.243 e. The van der Waals surface area contributed by atoms with Crippen LogP contribution in [0.5, 0.6) is 0 Å². The molecule has 4 rings (SSSR count). The van der Waals surface area contributed by atoms with E-state index in [1.807, 2.05) is 13.0 Å². The summed E-state index contributed by atoms with van der Waals surface area (Å²) in [6.45, 7) is 5.21. The molecule has 6 heteroatoms. The van der Waals surface area contributed by atoms with Gasteiger partial charge in [0.1, 0.15) is 0 Å². The highest BCUT2D eigenvalue weighted by molar-refractivity contribution is 7.89. The molecule has 0 spiro atoms. The second kappa shape index (κ2) is 9.61. The lowest BCUT2D eigenvalue weighted by atomic mass is 9.93. The first kappa shape index (κ1) is 22.3. The molecule has 1 aliphatic carbocycles. The Labute approximate surface area is 181 Å². The maximum atomic E-state index is 12.8. The Kier molecular flexibility index (Phi) is 7.38. The molecule has 0 amide bonds. The SMILES string of the molecule is CCN(CCCCN1CCc2cccc3c2C1CC3)S(=O)(=O)c1ccccc1.Cl. The zero-order chi connectivity index (χ0) is 19.6.